The zero-order valence-corrected chi connectivity index (χ0v) is 9.95. The first-order valence-electron chi connectivity index (χ1n) is 5.83. The van der Waals surface area contributed by atoms with Gasteiger partial charge in [0.1, 0.15) is 0 Å². The van der Waals surface area contributed by atoms with Crippen LogP contribution in [-0.2, 0) is 15.9 Å². The van der Waals surface area contributed by atoms with Crippen LogP contribution >= 0.6 is 0 Å². The molecule has 90 valence electrons. The summed E-state index contributed by atoms with van der Waals surface area (Å²) in [5, 5.41) is 0. The van der Waals surface area contributed by atoms with Gasteiger partial charge in [0.2, 0.25) is 0 Å². The summed E-state index contributed by atoms with van der Waals surface area (Å²) >= 11 is 0. The Hall–Kier alpha value is -1.06. The van der Waals surface area contributed by atoms with E-state index in [1.165, 1.54) is 0 Å². The van der Waals surface area contributed by atoms with Gasteiger partial charge in [-0.2, -0.15) is 0 Å². The van der Waals surface area contributed by atoms with Gasteiger partial charge in [-0.15, -0.1) is 0 Å². The van der Waals surface area contributed by atoms with E-state index in [9.17, 15) is 0 Å². The number of rotatable bonds is 8. The fourth-order valence-electron chi connectivity index (χ4n) is 1.41. The van der Waals surface area contributed by atoms with Crippen LogP contribution in [0.15, 0.2) is 24.3 Å². The van der Waals surface area contributed by atoms with Crippen molar-refractivity contribution < 1.29 is 9.47 Å². The monoisotopic (exact) mass is 223 g/mol. The highest BCUT2D eigenvalue weighted by Crippen LogP contribution is 2.10. The molecule has 3 nitrogen and oxygen atoms in total. The number of hydrogen-bond donors (Lipinski definition) is 1. The van der Waals surface area contributed by atoms with E-state index in [-0.39, 0.29) is 0 Å². The molecule has 0 aliphatic heterocycles. The van der Waals surface area contributed by atoms with Gasteiger partial charge in [-0.3, -0.25) is 0 Å². The molecule has 1 aromatic carbocycles. The second-order valence-electron chi connectivity index (χ2n) is 3.67. The van der Waals surface area contributed by atoms with Crippen LogP contribution in [0.2, 0.25) is 0 Å². The molecule has 3 heteroatoms. The van der Waals surface area contributed by atoms with Crippen molar-refractivity contribution in [3.8, 4) is 0 Å². The third-order valence-electron chi connectivity index (χ3n) is 2.29. The van der Waals surface area contributed by atoms with E-state index in [1.807, 2.05) is 24.3 Å². The quantitative estimate of drug-likeness (QED) is 0.543. The average Bonchev–Trinajstić information content (AvgIpc) is 2.30. The van der Waals surface area contributed by atoms with Gasteiger partial charge in [-0.05, 0) is 24.5 Å². The first-order chi connectivity index (χ1) is 7.84. The van der Waals surface area contributed by atoms with Crippen molar-refractivity contribution in [3.05, 3.63) is 29.8 Å². The smallest absolute Gasteiger partial charge is 0.0700 e. The maximum absolute atomic E-state index is 5.82. The molecular weight excluding hydrogens is 202 g/mol. The molecule has 0 bridgehead atoms. The molecule has 0 saturated carbocycles. The molecule has 0 aromatic heterocycles. The minimum Gasteiger partial charge on any atom is -0.399 e. The van der Waals surface area contributed by atoms with Crippen molar-refractivity contribution in [2.45, 2.75) is 19.8 Å². The molecule has 0 unspecified atom stereocenters. The van der Waals surface area contributed by atoms with Crippen LogP contribution < -0.4 is 5.73 Å². The molecule has 0 aliphatic carbocycles. The Bertz CT molecular complexity index is 289. The van der Waals surface area contributed by atoms with Crippen LogP contribution in [0.3, 0.4) is 0 Å². The molecule has 16 heavy (non-hydrogen) atoms. The first kappa shape index (κ1) is 13.0. The summed E-state index contributed by atoms with van der Waals surface area (Å²) < 4.78 is 10.8. The molecule has 0 fully saturated rings. The Labute approximate surface area is 97.6 Å². The molecule has 1 rings (SSSR count). The molecule has 2 N–H and O–H groups in total. The zero-order valence-electron chi connectivity index (χ0n) is 9.95. The summed E-state index contributed by atoms with van der Waals surface area (Å²) in [6, 6.07) is 7.89. The lowest BCUT2D eigenvalue weighted by atomic mass is 10.1. The van der Waals surface area contributed by atoms with E-state index < -0.39 is 0 Å². The standard InChI is InChI=1S/C13H21NO2/c1-2-8-15-10-11-16-9-7-12-5-3-4-6-13(12)14/h3-6H,2,7-11,14H2,1H3. The van der Waals surface area contributed by atoms with Crippen LogP contribution in [0, 0.1) is 0 Å². The minimum atomic E-state index is 0.659. The largest absolute Gasteiger partial charge is 0.399 e. The fourth-order valence-corrected chi connectivity index (χ4v) is 1.41. The van der Waals surface area contributed by atoms with Crippen LogP contribution in [0.25, 0.3) is 0 Å². The predicted molar refractivity (Wildman–Crippen MR) is 66.5 cm³/mol. The van der Waals surface area contributed by atoms with Crippen molar-refractivity contribution >= 4 is 5.69 Å². The van der Waals surface area contributed by atoms with Gasteiger partial charge < -0.3 is 15.2 Å². The van der Waals surface area contributed by atoms with E-state index >= 15 is 0 Å². The zero-order chi connectivity index (χ0) is 11.6. The van der Waals surface area contributed by atoms with Crippen molar-refractivity contribution in [3.63, 3.8) is 0 Å². The molecule has 0 heterocycles. The molecule has 0 atom stereocenters. The SMILES string of the molecule is CCCOCCOCCc1ccccc1N. The Morgan fingerprint density at radius 2 is 1.69 bits per heavy atom. The lowest BCUT2D eigenvalue weighted by Crippen LogP contribution is -2.07. The van der Waals surface area contributed by atoms with Crippen LogP contribution in [-0.4, -0.2) is 26.4 Å². The molecule has 0 spiro atoms. The van der Waals surface area contributed by atoms with Crippen molar-refractivity contribution in [2.75, 3.05) is 32.2 Å². The Kier molecular flexibility index (Phi) is 6.61. The minimum absolute atomic E-state index is 0.659. The van der Waals surface area contributed by atoms with E-state index in [2.05, 4.69) is 6.92 Å². The molecule has 0 aliphatic rings. The molecule has 0 amide bonds. The van der Waals surface area contributed by atoms with Gasteiger partial charge >= 0.3 is 0 Å². The second kappa shape index (κ2) is 8.13. The van der Waals surface area contributed by atoms with E-state index in [0.29, 0.717) is 19.8 Å². The molecule has 1 aromatic rings. The summed E-state index contributed by atoms with van der Waals surface area (Å²) in [5.74, 6) is 0. The lowest BCUT2D eigenvalue weighted by molar-refractivity contribution is 0.0492. The number of benzene rings is 1. The van der Waals surface area contributed by atoms with E-state index in [4.69, 9.17) is 15.2 Å². The van der Waals surface area contributed by atoms with Crippen molar-refractivity contribution in [2.24, 2.45) is 0 Å². The highest BCUT2D eigenvalue weighted by molar-refractivity contribution is 5.46. The molecule has 0 radical (unpaired) electrons. The van der Waals surface area contributed by atoms with Crippen LogP contribution in [0.1, 0.15) is 18.9 Å². The van der Waals surface area contributed by atoms with Gasteiger partial charge in [0.25, 0.3) is 0 Å². The summed E-state index contributed by atoms with van der Waals surface area (Å²) in [5.41, 5.74) is 7.81. The van der Waals surface area contributed by atoms with Crippen LogP contribution in [0.5, 0.6) is 0 Å². The Balaban J connectivity index is 2.05. The number of para-hydroxylation sites is 1. The average molecular weight is 223 g/mol. The highest BCUT2D eigenvalue weighted by Gasteiger charge is 1.97. The van der Waals surface area contributed by atoms with Gasteiger partial charge in [0.05, 0.1) is 19.8 Å². The van der Waals surface area contributed by atoms with Gasteiger partial charge in [0, 0.05) is 12.3 Å². The maximum atomic E-state index is 5.82. The number of ether oxygens (including phenoxy) is 2. The van der Waals surface area contributed by atoms with Gasteiger partial charge in [-0.1, -0.05) is 25.1 Å². The van der Waals surface area contributed by atoms with Crippen molar-refractivity contribution in [1.82, 2.24) is 0 Å². The molecular formula is C13H21NO2. The summed E-state index contributed by atoms with van der Waals surface area (Å²) in [6.45, 7) is 4.95. The third-order valence-corrected chi connectivity index (χ3v) is 2.29. The Morgan fingerprint density at radius 1 is 1.00 bits per heavy atom. The topological polar surface area (TPSA) is 44.5 Å². The number of nitrogen functional groups attached to an aromatic ring is 1. The Morgan fingerprint density at radius 3 is 2.38 bits per heavy atom. The first-order valence-corrected chi connectivity index (χ1v) is 5.83. The van der Waals surface area contributed by atoms with Gasteiger partial charge in [-0.25, -0.2) is 0 Å². The fraction of sp³-hybridized carbons (Fsp3) is 0.538. The van der Waals surface area contributed by atoms with Crippen molar-refractivity contribution in [1.29, 1.82) is 0 Å². The number of anilines is 1. The number of hydrogen-bond acceptors (Lipinski definition) is 3. The summed E-state index contributed by atoms with van der Waals surface area (Å²) in [7, 11) is 0. The lowest BCUT2D eigenvalue weighted by Gasteiger charge is -2.06. The maximum Gasteiger partial charge on any atom is 0.0700 e. The molecule has 0 saturated heterocycles. The second-order valence-corrected chi connectivity index (χ2v) is 3.67. The normalized spacial score (nSPS) is 10.6. The summed E-state index contributed by atoms with van der Waals surface area (Å²) in [6.07, 6.45) is 1.92. The van der Waals surface area contributed by atoms with E-state index in [1.54, 1.807) is 0 Å². The number of nitrogens with two attached hydrogens (primary N) is 1. The van der Waals surface area contributed by atoms with E-state index in [0.717, 1.165) is 30.7 Å². The van der Waals surface area contributed by atoms with Gasteiger partial charge in [0.15, 0.2) is 0 Å². The summed E-state index contributed by atoms with van der Waals surface area (Å²) in [4.78, 5) is 0. The third kappa shape index (κ3) is 5.14. The van der Waals surface area contributed by atoms with Crippen LogP contribution in [0.4, 0.5) is 5.69 Å². The highest BCUT2D eigenvalue weighted by atomic mass is 16.5. The predicted octanol–water partition coefficient (Wildman–Crippen LogP) is 2.25.